The lowest BCUT2D eigenvalue weighted by molar-refractivity contribution is 0.0999. The number of amides is 1. The van der Waals surface area contributed by atoms with Crippen molar-refractivity contribution in [1.82, 2.24) is 4.57 Å². The minimum atomic E-state index is -4.79. The molecule has 0 saturated carbocycles. The summed E-state index contributed by atoms with van der Waals surface area (Å²) in [6.07, 6.45) is 3.72. The highest BCUT2D eigenvalue weighted by Gasteiger charge is 2.28. The Morgan fingerprint density at radius 3 is 2.26 bits per heavy atom. The van der Waals surface area contributed by atoms with Gasteiger partial charge in [0.1, 0.15) is 5.75 Å². The van der Waals surface area contributed by atoms with E-state index in [0.29, 0.717) is 58.8 Å². The van der Waals surface area contributed by atoms with Crippen molar-refractivity contribution < 1.29 is 42.5 Å². The first-order valence-electron chi connectivity index (χ1n) is 13.9. The first-order valence-corrected chi connectivity index (χ1v) is 17.4. The van der Waals surface area contributed by atoms with Gasteiger partial charge in [-0.25, -0.2) is 9.13 Å². The van der Waals surface area contributed by atoms with E-state index in [0.717, 1.165) is 24.1 Å². The summed E-state index contributed by atoms with van der Waals surface area (Å²) in [4.78, 5) is 50.2. The molecule has 3 rings (SSSR count). The minimum Gasteiger partial charge on any atom is -0.404 e. The molecule has 236 valence electrons. The molecule has 11 nitrogen and oxygen atoms in total. The highest BCUT2D eigenvalue weighted by molar-refractivity contribution is 7.46. The molecular weight excluding hydrogens is 618 g/mol. The molecule has 0 radical (unpaired) electrons. The van der Waals surface area contributed by atoms with E-state index in [1.807, 2.05) is 16.7 Å². The van der Waals surface area contributed by atoms with Gasteiger partial charge >= 0.3 is 15.6 Å². The highest BCUT2D eigenvalue weighted by Crippen LogP contribution is 2.42. The fraction of sp³-hybridized carbons (Fsp3) is 0.414. The fourth-order valence-corrected chi connectivity index (χ4v) is 6.27. The minimum absolute atomic E-state index is 0.00980. The van der Waals surface area contributed by atoms with Crippen LogP contribution in [0, 0.1) is 12.8 Å². The van der Waals surface area contributed by atoms with Gasteiger partial charge in [-0.05, 0) is 79.5 Å². The third kappa shape index (κ3) is 10.3. The largest absolute Gasteiger partial charge is 0.524 e. The summed E-state index contributed by atoms with van der Waals surface area (Å²) in [7, 11) is -9.44. The van der Waals surface area contributed by atoms with Crippen LogP contribution in [-0.2, 0) is 39.5 Å². The number of carbonyl (C=O) groups excluding carboxylic acids is 1. The number of halogens is 1. The van der Waals surface area contributed by atoms with Crippen LogP contribution in [0.5, 0.6) is 5.75 Å². The zero-order valence-corrected chi connectivity index (χ0v) is 26.9. The zero-order chi connectivity index (χ0) is 31.9. The monoisotopic (exact) mass is 656 g/mol. The third-order valence-electron chi connectivity index (χ3n) is 7.08. The Kier molecular flexibility index (Phi) is 12.2. The first kappa shape index (κ1) is 35.0. The van der Waals surface area contributed by atoms with Gasteiger partial charge in [-0.15, -0.1) is 0 Å². The molecule has 0 aliphatic rings. The Bertz CT molecular complexity index is 1510. The lowest BCUT2D eigenvalue weighted by Gasteiger charge is -2.18. The van der Waals surface area contributed by atoms with Crippen molar-refractivity contribution in [2.45, 2.75) is 65.8 Å². The van der Waals surface area contributed by atoms with Gasteiger partial charge in [0, 0.05) is 28.5 Å². The smallest absolute Gasteiger partial charge is 0.404 e. The predicted molar refractivity (Wildman–Crippen MR) is 165 cm³/mol. The van der Waals surface area contributed by atoms with Gasteiger partial charge in [0.05, 0.1) is 12.2 Å². The summed E-state index contributed by atoms with van der Waals surface area (Å²) >= 11 is 6.06. The molecule has 6 N–H and O–H groups in total. The van der Waals surface area contributed by atoms with Crippen LogP contribution in [0.15, 0.2) is 42.5 Å². The van der Waals surface area contributed by atoms with Crippen molar-refractivity contribution in [2.24, 2.45) is 11.7 Å². The molecule has 1 amide bonds. The second-order valence-electron chi connectivity index (χ2n) is 10.6. The number of aryl methyl sites for hydroxylation is 2. The summed E-state index contributed by atoms with van der Waals surface area (Å²) in [6, 6.07) is 12.2. The SMILES string of the molecule is CCC[C@@H](C)Cc1c(-c2ccc(OP(=O)(O)O)c(C)c2)c(C(N)=O)c(CCc2ccc(Cl)cc2)n1CCCOP(=O)(O)O. The molecule has 0 unspecified atom stereocenters. The average molecular weight is 657 g/mol. The highest BCUT2D eigenvalue weighted by atomic mass is 35.5. The van der Waals surface area contributed by atoms with E-state index in [1.165, 1.54) is 6.07 Å². The van der Waals surface area contributed by atoms with E-state index in [1.54, 1.807) is 31.2 Å². The molecule has 0 aliphatic carbocycles. The van der Waals surface area contributed by atoms with E-state index in [2.05, 4.69) is 13.8 Å². The van der Waals surface area contributed by atoms with E-state index in [4.69, 9.17) is 26.4 Å². The van der Waals surface area contributed by atoms with Crippen molar-refractivity contribution in [3.05, 3.63) is 75.6 Å². The normalized spacial score (nSPS) is 12.8. The Balaban J connectivity index is 2.21. The van der Waals surface area contributed by atoms with Crippen molar-refractivity contribution in [3.63, 3.8) is 0 Å². The maximum atomic E-state index is 13.2. The second-order valence-corrected chi connectivity index (χ2v) is 13.5. The molecule has 1 heterocycles. The Morgan fingerprint density at radius 2 is 1.70 bits per heavy atom. The van der Waals surface area contributed by atoms with Crippen molar-refractivity contribution in [3.8, 4) is 16.9 Å². The van der Waals surface area contributed by atoms with E-state index >= 15 is 0 Å². The number of hydrogen-bond acceptors (Lipinski definition) is 5. The van der Waals surface area contributed by atoms with Gasteiger partial charge in [0.15, 0.2) is 0 Å². The quantitative estimate of drug-likeness (QED) is 0.0919. The Labute approximate surface area is 256 Å². The van der Waals surface area contributed by atoms with Crippen LogP contribution >= 0.6 is 27.2 Å². The van der Waals surface area contributed by atoms with Gasteiger partial charge in [-0.2, -0.15) is 0 Å². The van der Waals surface area contributed by atoms with Gasteiger partial charge < -0.3 is 24.6 Å². The maximum absolute atomic E-state index is 13.2. The number of phosphoric acid groups is 2. The van der Waals surface area contributed by atoms with Crippen LogP contribution in [0.4, 0.5) is 0 Å². The molecule has 1 aromatic heterocycles. The molecule has 0 spiro atoms. The molecule has 0 saturated heterocycles. The molecule has 14 heteroatoms. The van der Waals surface area contributed by atoms with Gasteiger partial charge in [-0.3, -0.25) is 19.1 Å². The molecule has 2 aromatic carbocycles. The van der Waals surface area contributed by atoms with Gasteiger partial charge in [-0.1, -0.05) is 56.5 Å². The van der Waals surface area contributed by atoms with Crippen LogP contribution in [0.2, 0.25) is 5.02 Å². The van der Waals surface area contributed by atoms with E-state index < -0.39 is 21.6 Å². The average Bonchev–Trinajstić information content (AvgIpc) is 3.19. The Morgan fingerprint density at radius 1 is 1.02 bits per heavy atom. The van der Waals surface area contributed by atoms with E-state index in [-0.39, 0.29) is 24.7 Å². The van der Waals surface area contributed by atoms with Crippen molar-refractivity contribution in [2.75, 3.05) is 6.61 Å². The zero-order valence-electron chi connectivity index (χ0n) is 24.4. The Hall–Kier alpha value is -2.46. The van der Waals surface area contributed by atoms with Gasteiger partial charge in [0.25, 0.3) is 5.91 Å². The number of benzene rings is 2. The summed E-state index contributed by atoms with van der Waals surface area (Å²) in [5.41, 5.74) is 10.6. The van der Waals surface area contributed by atoms with Crippen LogP contribution in [-0.4, -0.2) is 36.7 Å². The molecule has 0 aliphatic heterocycles. The van der Waals surface area contributed by atoms with Crippen molar-refractivity contribution >= 4 is 33.2 Å². The number of hydrogen-bond donors (Lipinski definition) is 5. The summed E-state index contributed by atoms with van der Waals surface area (Å²) in [6.45, 7) is 5.96. The standard InChI is InChI=1S/C29H39ClN2O9P2/c1-4-6-19(2)17-25-27(22-10-14-26(20(3)18-22)41-43(37,38)39)28(29(31)33)24(13-9-21-7-11-23(30)12-8-21)32(25)15-5-16-40-42(34,35)36/h7-8,10-12,14,18-19H,4-6,9,13,15-17H2,1-3H3,(H2,31,33)(H2,34,35,36)(H2,37,38,39)/t19-/m1/s1. The van der Waals surface area contributed by atoms with Crippen molar-refractivity contribution in [1.29, 1.82) is 0 Å². The first-order chi connectivity index (χ1) is 20.1. The number of phosphoric ester groups is 2. The van der Waals surface area contributed by atoms with Crippen LogP contribution in [0.1, 0.15) is 66.0 Å². The summed E-state index contributed by atoms with van der Waals surface area (Å²) in [5, 5.41) is 0.603. The van der Waals surface area contributed by atoms with Crippen LogP contribution in [0.25, 0.3) is 11.1 Å². The molecule has 1 atom stereocenters. The number of nitrogens with zero attached hydrogens (tertiary/aromatic N) is 1. The number of carbonyl (C=O) groups is 1. The number of aromatic nitrogens is 1. The number of rotatable bonds is 16. The summed E-state index contributed by atoms with van der Waals surface area (Å²) in [5.74, 6) is -0.397. The van der Waals surface area contributed by atoms with Gasteiger partial charge in [0.2, 0.25) is 0 Å². The lowest BCUT2D eigenvalue weighted by atomic mass is 9.92. The fourth-order valence-electron chi connectivity index (χ4n) is 5.32. The van der Waals surface area contributed by atoms with Crippen LogP contribution in [0.3, 0.4) is 0 Å². The lowest BCUT2D eigenvalue weighted by Crippen LogP contribution is -2.16. The van der Waals surface area contributed by atoms with Crippen LogP contribution < -0.4 is 10.3 Å². The predicted octanol–water partition coefficient (Wildman–Crippen LogP) is 5.95. The van der Waals surface area contributed by atoms with E-state index in [9.17, 15) is 33.5 Å². The topological polar surface area (TPSA) is 182 Å². The molecule has 0 bridgehead atoms. The number of nitrogens with two attached hydrogens (primary N) is 1. The second kappa shape index (κ2) is 15.0. The molecule has 3 aromatic rings. The number of primary amides is 1. The summed E-state index contributed by atoms with van der Waals surface area (Å²) < 4.78 is 34.3. The maximum Gasteiger partial charge on any atom is 0.524 e. The molecule has 43 heavy (non-hydrogen) atoms. The molecule has 0 fully saturated rings. The third-order valence-corrected chi connectivity index (χ3v) is 8.28. The molecular formula is C29H39ClN2O9P2.